The third-order valence-electron chi connectivity index (χ3n) is 4.47. The van der Waals surface area contributed by atoms with E-state index >= 15 is 0 Å². The maximum absolute atomic E-state index is 13.0. The summed E-state index contributed by atoms with van der Waals surface area (Å²) in [4.78, 5) is 1.11. The highest BCUT2D eigenvalue weighted by Crippen LogP contribution is 2.32. The van der Waals surface area contributed by atoms with E-state index in [9.17, 15) is 8.42 Å². The topological polar surface area (TPSA) is 46.2 Å². The molecule has 4 aromatic carbocycles. The first-order valence-corrected chi connectivity index (χ1v) is 11.8. The van der Waals surface area contributed by atoms with E-state index in [1.165, 1.54) is 0 Å². The Labute approximate surface area is 179 Å². The molecule has 146 valence electrons. The molecule has 0 radical (unpaired) electrons. The van der Waals surface area contributed by atoms with E-state index in [0.29, 0.717) is 16.5 Å². The number of sulfonamides is 1. The lowest BCUT2D eigenvalue weighted by Gasteiger charge is -2.13. The van der Waals surface area contributed by atoms with Crippen molar-refractivity contribution in [1.29, 1.82) is 0 Å². The minimum Gasteiger partial charge on any atom is -0.278 e. The highest BCUT2D eigenvalue weighted by molar-refractivity contribution is 7.98. The van der Waals surface area contributed by atoms with Gasteiger partial charge in [0.25, 0.3) is 10.0 Å². The van der Waals surface area contributed by atoms with E-state index in [1.54, 1.807) is 30.0 Å². The van der Waals surface area contributed by atoms with Gasteiger partial charge in [-0.25, -0.2) is 8.42 Å². The summed E-state index contributed by atoms with van der Waals surface area (Å²) in [6, 6.07) is 27.9. The van der Waals surface area contributed by atoms with Crippen LogP contribution in [0.4, 0.5) is 5.69 Å². The Morgan fingerprint density at radius 3 is 2.28 bits per heavy atom. The van der Waals surface area contributed by atoms with Gasteiger partial charge in [-0.3, -0.25) is 4.72 Å². The second-order valence-electron chi connectivity index (χ2n) is 6.53. The van der Waals surface area contributed by atoms with Crippen molar-refractivity contribution in [3.63, 3.8) is 0 Å². The lowest BCUT2D eigenvalue weighted by molar-refractivity contribution is 0.601. The fourth-order valence-electron chi connectivity index (χ4n) is 2.96. The van der Waals surface area contributed by atoms with E-state index in [1.807, 2.05) is 72.8 Å². The van der Waals surface area contributed by atoms with Gasteiger partial charge < -0.3 is 0 Å². The van der Waals surface area contributed by atoms with Crippen molar-refractivity contribution in [3.05, 3.63) is 102 Å². The summed E-state index contributed by atoms with van der Waals surface area (Å²) in [6.07, 6.45) is 0. The molecule has 0 amide bonds. The van der Waals surface area contributed by atoms with Gasteiger partial charge in [0.2, 0.25) is 0 Å². The molecule has 0 saturated heterocycles. The number of nitrogens with one attached hydrogen (secondary N) is 1. The monoisotopic (exact) mass is 439 g/mol. The maximum atomic E-state index is 13.0. The first-order chi connectivity index (χ1) is 14.0. The fourth-order valence-corrected chi connectivity index (χ4v) is 5.23. The second-order valence-corrected chi connectivity index (χ2v) is 9.66. The SMILES string of the molecule is O=S(=O)(Nc1ccccc1SCc1ccc(Cl)cc1)c1ccc2ccccc2c1. The van der Waals surface area contributed by atoms with E-state index in [4.69, 9.17) is 11.6 Å². The summed E-state index contributed by atoms with van der Waals surface area (Å²) in [7, 11) is -3.70. The molecule has 0 bridgehead atoms. The number of hydrogen-bond donors (Lipinski definition) is 1. The molecule has 0 spiro atoms. The van der Waals surface area contributed by atoms with Gasteiger partial charge in [-0.1, -0.05) is 66.2 Å². The van der Waals surface area contributed by atoms with Gasteiger partial charge in [-0.05, 0) is 52.7 Å². The molecule has 29 heavy (non-hydrogen) atoms. The Bertz CT molecular complexity index is 1260. The minimum absolute atomic E-state index is 0.244. The van der Waals surface area contributed by atoms with Crippen LogP contribution in [0.1, 0.15) is 5.56 Å². The molecule has 0 heterocycles. The molecule has 0 aromatic heterocycles. The van der Waals surface area contributed by atoms with Crippen LogP contribution in [0.15, 0.2) is 101 Å². The Kier molecular flexibility index (Phi) is 5.81. The molecule has 0 aliphatic rings. The number of thioether (sulfide) groups is 1. The van der Waals surface area contributed by atoms with Gasteiger partial charge in [0, 0.05) is 15.7 Å². The van der Waals surface area contributed by atoms with Gasteiger partial charge in [0.15, 0.2) is 0 Å². The van der Waals surface area contributed by atoms with Gasteiger partial charge in [0.05, 0.1) is 10.6 Å². The van der Waals surface area contributed by atoms with Crippen LogP contribution < -0.4 is 4.72 Å². The lowest BCUT2D eigenvalue weighted by Crippen LogP contribution is -2.13. The Balaban J connectivity index is 1.57. The van der Waals surface area contributed by atoms with E-state index in [0.717, 1.165) is 21.2 Å². The predicted octanol–water partition coefficient (Wildman–Crippen LogP) is 6.59. The Morgan fingerprint density at radius 1 is 0.793 bits per heavy atom. The normalized spacial score (nSPS) is 11.5. The molecule has 6 heteroatoms. The van der Waals surface area contributed by atoms with Gasteiger partial charge in [-0.2, -0.15) is 0 Å². The number of halogens is 1. The molecule has 0 aliphatic heterocycles. The van der Waals surface area contributed by atoms with Crippen LogP contribution in [0.5, 0.6) is 0 Å². The van der Waals surface area contributed by atoms with Crippen molar-refractivity contribution >= 4 is 49.8 Å². The maximum Gasteiger partial charge on any atom is 0.261 e. The van der Waals surface area contributed by atoms with Gasteiger partial charge in [-0.15, -0.1) is 11.8 Å². The first-order valence-electron chi connectivity index (χ1n) is 8.99. The summed E-state index contributed by atoms with van der Waals surface area (Å²) in [5, 5.41) is 2.59. The van der Waals surface area contributed by atoms with Crippen molar-refractivity contribution in [3.8, 4) is 0 Å². The van der Waals surface area contributed by atoms with Crippen molar-refractivity contribution in [2.24, 2.45) is 0 Å². The summed E-state index contributed by atoms with van der Waals surface area (Å²) in [6.45, 7) is 0. The number of hydrogen-bond acceptors (Lipinski definition) is 3. The molecule has 4 rings (SSSR count). The van der Waals surface area contributed by atoms with Crippen LogP contribution in [-0.4, -0.2) is 8.42 Å². The first kappa shape index (κ1) is 19.8. The van der Waals surface area contributed by atoms with Gasteiger partial charge >= 0.3 is 0 Å². The van der Waals surface area contributed by atoms with E-state index < -0.39 is 10.0 Å². The van der Waals surface area contributed by atoms with Crippen LogP contribution in [-0.2, 0) is 15.8 Å². The summed E-state index contributed by atoms with van der Waals surface area (Å²) in [5.41, 5.74) is 1.69. The highest BCUT2D eigenvalue weighted by atomic mass is 35.5. The Hall–Kier alpha value is -2.47. The zero-order chi connectivity index (χ0) is 20.3. The van der Waals surface area contributed by atoms with Crippen molar-refractivity contribution in [1.82, 2.24) is 0 Å². The van der Waals surface area contributed by atoms with E-state index in [2.05, 4.69) is 4.72 Å². The molecule has 0 fully saturated rings. The molecular weight excluding hydrogens is 422 g/mol. The predicted molar refractivity (Wildman–Crippen MR) is 122 cm³/mol. The fraction of sp³-hybridized carbons (Fsp3) is 0.0435. The molecule has 4 aromatic rings. The largest absolute Gasteiger partial charge is 0.278 e. The zero-order valence-electron chi connectivity index (χ0n) is 15.4. The van der Waals surface area contributed by atoms with E-state index in [-0.39, 0.29) is 4.90 Å². The summed E-state index contributed by atoms with van der Waals surface area (Å²) in [5.74, 6) is 0.714. The molecule has 0 saturated carbocycles. The number of anilines is 1. The summed E-state index contributed by atoms with van der Waals surface area (Å²) < 4.78 is 28.7. The number of benzene rings is 4. The van der Waals surface area contributed by atoms with Crippen LogP contribution in [0, 0.1) is 0 Å². The van der Waals surface area contributed by atoms with Gasteiger partial charge in [0.1, 0.15) is 0 Å². The summed E-state index contributed by atoms with van der Waals surface area (Å²) >= 11 is 7.51. The third kappa shape index (κ3) is 4.75. The molecule has 0 aliphatic carbocycles. The van der Waals surface area contributed by atoms with Crippen molar-refractivity contribution in [2.75, 3.05) is 4.72 Å². The zero-order valence-corrected chi connectivity index (χ0v) is 17.8. The molecule has 0 unspecified atom stereocenters. The highest BCUT2D eigenvalue weighted by Gasteiger charge is 2.16. The Morgan fingerprint density at radius 2 is 1.48 bits per heavy atom. The average molecular weight is 440 g/mol. The molecule has 0 atom stereocenters. The average Bonchev–Trinajstić information content (AvgIpc) is 2.74. The van der Waals surface area contributed by atoms with Crippen LogP contribution in [0.25, 0.3) is 10.8 Å². The quantitative estimate of drug-likeness (QED) is 0.345. The number of fused-ring (bicyclic) bond motifs is 1. The smallest absolute Gasteiger partial charge is 0.261 e. The molecular formula is C23H18ClNO2S2. The molecule has 3 nitrogen and oxygen atoms in total. The van der Waals surface area contributed by atoms with Crippen molar-refractivity contribution in [2.45, 2.75) is 15.5 Å². The van der Waals surface area contributed by atoms with Crippen LogP contribution in [0.3, 0.4) is 0 Å². The number of rotatable bonds is 6. The standard InChI is InChI=1S/C23H18ClNO2S2/c24-20-12-9-17(10-13-20)16-28-23-8-4-3-7-22(23)25-29(26,27)21-14-11-18-5-1-2-6-19(18)15-21/h1-15,25H,16H2. The van der Waals surface area contributed by atoms with Crippen LogP contribution in [0.2, 0.25) is 5.02 Å². The molecule has 1 N–H and O–H groups in total. The van der Waals surface area contributed by atoms with Crippen molar-refractivity contribution < 1.29 is 8.42 Å². The second kappa shape index (κ2) is 8.49. The third-order valence-corrected chi connectivity index (χ3v) is 7.23. The lowest BCUT2D eigenvalue weighted by atomic mass is 10.1. The van der Waals surface area contributed by atoms with Crippen LogP contribution >= 0.6 is 23.4 Å². The minimum atomic E-state index is -3.70. The number of para-hydroxylation sites is 1.